The van der Waals surface area contributed by atoms with Crippen molar-refractivity contribution >= 4 is 33.9 Å². The molecule has 100 valence electrons. The molecule has 1 aromatic heterocycles. The van der Waals surface area contributed by atoms with Gasteiger partial charge < -0.3 is 8.17 Å². The number of benzene rings is 2. The molecule has 3 aromatic rings. The van der Waals surface area contributed by atoms with Gasteiger partial charge in [0, 0.05) is 32.6 Å². The van der Waals surface area contributed by atoms with Crippen LogP contribution in [0.2, 0.25) is 0 Å². The molecule has 0 bridgehead atoms. The largest absolute Gasteiger partial charge is 0.508 e. The number of phenolic OH excluding ortho intramolecular Hbond substituents is 1. The molecule has 0 unspecified atom stereocenters. The Hall–Kier alpha value is -1.07. The third-order valence-electron chi connectivity index (χ3n) is 2.68. The van der Waals surface area contributed by atoms with Crippen LogP contribution in [-0.2, 0) is 21.1 Å². The Morgan fingerprint density at radius 3 is 2.53 bits per heavy atom. The first-order chi connectivity index (χ1) is 8.76. The molecule has 0 fully saturated rings. The number of hydrogen-bond donors (Lipinski definition) is 1. The molecule has 0 aliphatic heterocycles. The van der Waals surface area contributed by atoms with Crippen molar-refractivity contribution in [3.63, 3.8) is 0 Å². The predicted molar refractivity (Wildman–Crippen MR) is 77.4 cm³/mol. The zero-order valence-corrected chi connectivity index (χ0v) is 14.0. The maximum Gasteiger partial charge on any atom is 0.192 e. The molecule has 0 radical (unpaired) electrons. The van der Waals surface area contributed by atoms with Crippen LogP contribution in [0.4, 0.5) is 0 Å². The maximum atomic E-state index is 9.42. The summed E-state index contributed by atoms with van der Waals surface area (Å²) in [6, 6.07) is 12.7. The number of nitrogens with zero attached hydrogens (tertiary/aromatic N) is 2. The van der Waals surface area contributed by atoms with Crippen molar-refractivity contribution in [3.05, 3.63) is 48.7 Å². The molecule has 6 heteroatoms. The van der Waals surface area contributed by atoms with Gasteiger partial charge in [0.25, 0.3) is 0 Å². The molecule has 4 nitrogen and oxygen atoms in total. The summed E-state index contributed by atoms with van der Waals surface area (Å²) in [7, 11) is 0. The van der Waals surface area contributed by atoms with Crippen LogP contribution in [0.15, 0.2) is 48.7 Å². The number of halogens is 1. The van der Waals surface area contributed by atoms with Gasteiger partial charge in [0.1, 0.15) is 11.5 Å². The van der Waals surface area contributed by atoms with Crippen LogP contribution >= 0.6 is 23.0 Å². The van der Waals surface area contributed by atoms with Crippen molar-refractivity contribution in [1.29, 1.82) is 0 Å². The second-order valence-electron chi connectivity index (χ2n) is 3.89. The van der Waals surface area contributed by atoms with Crippen molar-refractivity contribution < 1.29 is 29.2 Å². The van der Waals surface area contributed by atoms with E-state index in [1.54, 1.807) is 22.9 Å². The summed E-state index contributed by atoms with van der Waals surface area (Å²) in [4.78, 5) is 0. The van der Waals surface area contributed by atoms with Crippen LogP contribution in [-0.4, -0.2) is 14.9 Å². The Bertz CT molecular complexity index is 697. The molecular formula is C13H9IN2O2Pt. The monoisotopic (exact) mass is 547 g/mol. The second-order valence-corrected chi connectivity index (χ2v) is 4.33. The molecule has 0 saturated heterocycles. The number of rotatable bonds is 2. The first-order valence-electron chi connectivity index (χ1n) is 5.34. The number of aromatic hydroxyl groups is 1. The molecule has 19 heavy (non-hydrogen) atoms. The summed E-state index contributed by atoms with van der Waals surface area (Å²) in [6.45, 7) is 0. The summed E-state index contributed by atoms with van der Waals surface area (Å²) in [5.74, 6) is 1.05. The Kier molecular flexibility index (Phi) is 4.47. The first-order valence-corrected chi connectivity index (χ1v) is 6.22. The van der Waals surface area contributed by atoms with Gasteiger partial charge in [-0.2, -0.15) is 5.10 Å². The third-order valence-corrected chi connectivity index (χ3v) is 3.19. The minimum atomic E-state index is 0. The topological polar surface area (TPSA) is 47.3 Å². The molecule has 1 heterocycles. The Balaban J connectivity index is 0.00000133. The summed E-state index contributed by atoms with van der Waals surface area (Å²) in [5.41, 5.74) is 1.80. The van der Waals surface area contributed by atoms with Crippen LogP contribution < -0.4 is 3.07 Å². The molecule has 0 aliphatic carbocycles. The molecule has 0 saturated carbocycles. The number of phenols is 1. The smallest absolute Gasteiger partial charge is 0.192 e. The quantitative estimate of drug-likeness (QED) is 0.501. The first kappa shape index (κ1) is 14.3. The fraction of sp³-hybridized carbons (Fsp3) is 0. The number of hydrogen-bond acceptors (Lipinski definition) is 3. The van der Waals surface area contributed by atoms with E-state index >= 15 is 0 Å². The second kappa shape index (κ2) is 5.92. The Labute approximate surface area is 138 Å². The average Bonchev–Trinajstić information content (AvgIpc) is 2.81. The summed E-state index contributed by atoms with van der Waals surface area (Å²) >= 11 is 1.84. The van der Waals surface area contributed by atoms with E-state index in [2.05, 4.69) is 5.10 Å². The molecule has 0 atom stereocenters. The molecule has 2 aromatic carbocycles. The van der Waals surface area contributed by atoms with Crippen LogP contribution in [0.3, 0.4) is 0 Å². The van der Waals surface area contributed by atoms with Gasteiger partial charge >= 0.3 is 0 Å². The predicted octanol–water partition coefficient (Wildman–Crippen LogP) is 3.46. The van der Waals surface area contributed by atoms with Crippen molar-refractivity contribution in [2.24, 2.45) is 0 Å². The standard InChI is InChI=1S/C13H9IN2O2.Pt/c14-18-12-4-1-10(2-5-12)16-8-9-7-11(17)3-6-13(9)15-16;/h1-8,17H;. The minimum absolute atomic E-state index is 0. The normalized spacial score (nSPS) is 10.2. The van der Waals surface area contributed by atoms with Gasteiger partial charge in [-0.15, -0.1) is 0 Å². The van der Waals surface area contributed by atoms with Crippen molar-refractivity contribution in [2.45, 2.75) is 0 Å². The van der Waals surface area contributed by atoms with Crippen molar-refractivity contribution in [3.8, 4) is 17.2 Å². The van der Waals surface area contributed by atoms with E-state index in [-0.39, 0.29) is 26.8 Å². The van der Waals surface area contributed by atoms with Gasteiger partial charge in [-0.1, -0.05) is 0 Å². The van der Waals surface area contributed by atoms with Crippen LogP contribution in [0, 0.1) is 0 Å². The van der Waals surface area contributed by atoms with Gasteiger partial charge in [-0.25, -0.2) is 4.68 Å². The van der Waals surface area contributed by atoms with Gasteiger partial charge in [0.2, 0.25) is 0 Å². The van der Waals surface area contributed by atoms with E-state index in [1.807, 2.05) is 53.5 Å². The molecular weight excluding hydrogens is 538 g/mol. The molecule has 1 N–H and O–H groups in total. The fourth-order valence-corrected chi connectivity index (χ4v) is 2.09. The van der Waals surface area contributed by atoms with Crippen molar-refractivity contribution in [2.75, 3.05) is 0 Å². The van der Waals surface area contributed by atoms with E-state index < -0.39 is 0 Å². The zero-order chi connectivity index (χ0) is 12.5. The molecule has 0 amide bonds. The molecule has 0 spiro atoms. The van der Waals surface area contributed by atoms with Crippen molar-refractivity contribution in [1.82, 2.24) is 9.78 Å². The maximum absolute atomic E-state index is 9.42. The van der Waals surface area contributed by atoms with E-state index in [9.17, 15) is 5.11 Å². The van der Waals surface area contributed by atoms with Gasteiger partial charge in [-0.05, 0) is 42.5 Å². The van der Waals surface area contributed by atoms with E-state index in [1.165, 1.54) is 0 Å². The number of aromatic nitrogens is 2. The fourth-order valence-electron chi connectivity index (χ4n) is 1.80. The summed E-state index contributed by atoms with van der Waals surface area (Å²) in [5, 5.41) is 14.8. The van der Waals surface area contributed by atoms with E-state index in [0.29, 0.717) is 0 Å². The summed E-state index contributed by atoms with van der Waals surface area (Å²) < 4.78 is 6.87. The van der Waals surface area contributed by atoms with E-state index in [0.717, 1.165) is 22.3 Å². The van der Waals surface area contributed by atoms with Gasteiger partial charge in [0.15, 0.2) is 23.0 Å². The van der Waals surface area contributed by atoms with Gasteiger partial charge in [-0.3, -0.25) is 0 Å². The Morgan fingerprint density at radius 1 is 1.11 bits per heavy atom. The molecule has 0 aliphatic rings. The van der Waals surface area contributed by atoms with Crippen LogP contribution in [0.5, 0.6) is 11.5 Å². The average molecular weight is 547 g/mol. The Morgan fingerprint density at radius 2 is 1.84 bits per heavy atom. The zero-order valence-electron chi connectivity index (χ0n) is 9.56. The molecule has 3 rings (SSSR count). The summed E-state index contributed by atoms with van der Waals surface area (Å²) in [6.07, 6.45) is 1.88. The third kappa shape index (κ3) is 2.92. The van der Waals surface area contributed by atoms with E-state index in [4.69, 9.17) is 3.07 Å². The van der Waals surface area contributed by atoms with Crippen LogP contribution in [0.25, 0.3) is 16.6 Å². The SMILES string of the molecule is Oc1ccc2nn(-c3ccc(OI)cc3)cc2c1.[Pt]. The van der Waals surface area contributed by atoms with Crippen LogP contribution in [0.1, 0.15) is 0 Å². The number of fused-ring (bicyclic) bond motifs is 1. The van der Waals surface area contributed by atoms with Gasteiger partial charge in [0.05, 0.1) is 11.2 Å². The minimum Gasteiger partial charge on any atom is -0.508 e.